The Morgan fingerprint density at radius 3 is 2.23 bits per heavy atom. The lowest BCUT2D eigenvalue weighted by Crippen LogP contribution is -2.46. The molecule has 30 heavy (non-hydrogen) atoms. The van der Waals surface area contributed by atoms with Crippen LogP contribution in [0.2, 0.25) is 0 Å². The van der Waals surface area contributed by atoms with Gasteiger partial charge in [-0.1, -0.05) is 31.2 Å². The normalized spacial score (nSPS) is 21.2. The Labute approximate surface area is 178 Å². The molecule has 1 N–H and O–H groups in total. The van der Waals surface area contributed by atoms with Gasteiger partial charge in [-0.25, -0.2) is 0 Å². The summed E-state index contributed by atoms with van der Waals surface area (Å²) in [6.45, 7) is 2.63. The van der Waals surface area contributed by atoms with E-state index in [-0.39, 0.29) is 29.7 Å². The second kappa shape index (κ2) is 8.90. The van der Waals surface area contributed by atoms with Gasteiger partial charge in [0.25, 0.3) is 0 Å². The minimum atomic E-state index is -0.194. The molecule has 4 rings (SSSR count). The van der Waals surface area contributed by atoms with E-state index in [2.05, 4.69) is 36.5 Å². The number of carbonyl (C=O) groups is 2. The summed E-state index contributed by atoms with van der Waals surface area (Å²) >= 11 is 0. The number of likely N-dealkylation sites (tertiary alicyclic amines) is 1. The van der Waals surface area contributed by atoms with Gasteiger partial charge in [0.15, 0.2) is 0 Å². The van der Waals surface area contributed by atoms with Crippen molar-refractivity contribution in [2.24, 2.45) is 11.8 Å². The number of amides is 2. The Balaban J connectivity index is 1.47. The van der Waals surface area contributed by atoms with Crippen LogP contribution in [0, 0.1) is 11.8 Å². The first-order valence-corrected chi connectivity index (χ1v) is 10.9. The van der Waals surface area contributed by atoms with E-state index in [9.17, 15) is 9.59 Å². The zero-order valence-corrected chi connectivity index (χ0v) is 17.8. The Hall–Kier alpha value is -2.82. The molecule has 1 saturated heterocycles. The highest BCUT2D eigenvalue weighted by Gasteiger charge is 2.41. The monoisotopic (exact) mass is 406 g/mol. The third-order valence-corrected chi connectivity index (χ3v) is 6.29. The Bertz CT molecular complexity index is 888. The molecule has 1 heterocycles. The minimum Gasteiger partial charge on any atom is -0.497 e. The SMILES string of the molecule is CCc1ccc(C2CCC(C(=O)Nc3ccc(OC)cc3)CN2C(=O)C2CC2)cc1. The maximum Gasteiger partial charge on any atom is 0.229 e. The van der Waals surface area contributed by atoms with Crippen LogP contribution in [0.25, 0.3) is 0 Å². The van der Waals surface area contributed by atoms with E-state index in [0.717, 1.165) is 43.5 Å². The first kappa shape index (κ1) is 20.5. The van der Waals surface area contributed by atoms with Crippen LogP contribution < -0.4 is 10.1 Å². The second-order valence-electron chi connectivity index (χ2n) is 8.37. The standard InChI is InChI=1S/C25H30N2O3/c1-3-17-4-6-18(7-5-17)23-15-10-20(16-27(23)25(29)19-8-9-19)24(28)26-21-11-13-22(30-2)14-12-21/h4-7,11-14,19-20,23H,3,8-10,15-16H2,1-2H3,(H,26,28). The summed E-state index contributed by atoms with van der Waals surface area (Å²) in [7, 11) is 1.62. The second-order valence-corrected chi connectivity index (χ2v) is 8.37. The van der Waals surface area contributed by atoms with Gasteiger partial charge in [-0.3, -0.25) is 9.59 Å². The molecule has 1 saturated carbocycles. The number of anilines is 1. The van der Waals surface area contributed by atoms with Gasteiger partial charge in [-0.05, 0) is 67.5 Å². The van der Waals surface area contributed by atoms with E-state index in [1.165, 1.54) is 11.1 Å². The van der Waals surface area contributed by atoms with Crippen LogP contribution in [-0.2, 0) is 16.0 Å². The van der Waals surface area contributed by atoms with E-state index in [1.807, 2.05) is 29.2 Å². The number of hydrogen-bond acceptors (Lipinski definition) is 3. The largest absolute Gasteiger partial charge is 0.497 e. The van der Waals surface area contributed by atoms with Crippen LogP contribution in [0.4, 0.5) is 5.69 Å². The highest BCUT2D eigenvalue weighted by Crippen LogP contribution is 2.39. The third kappa shape index (κ3) is 4.50. The van der Waals surface area contributed by atoms with Crippen LogP contribution in [0.3, 0.4) is 0 Å². The van der Waals surface area contributed by atoms with E-state index >= 15 is 0 Å². The predicted octanol–water partition coefficient (Wildman–Crippen LogP) is 4.59. The number of nitrogens with one attached hydrogen (secondary N) is 1. The van der Waals surface area contributed by atoms with Gasteiger partial charge < -0.3 is 15.0 Å². The third-order valence-electron chi connectivity index (χ3n) is 6.29. The van der Waals surface area contributed by atoms with Gasteiger partial charge in [0.1, 0.15) is 5.75 Å². The number of methoxy groups -OCH3 is 1. The lowest BCUT2D eigenvalue weighted by Gasteiger charge is -2.39. The smallest absolute Gasteiger partial charge is 0.229 e. The molecular formula is C25H30N2O3. The minimum absolute atomic E-state index is 0.0199. The Morgan fingerprint density at radius 1 is 0.967 bits per heavy atom. The average molecular weight is 407 g/mol. The highest BCUT2D eigenvalue weighted by atomic mass is 16.5. The van der Waals surface area contributed by atoms with E-state index < -0.39 is 0 Å². The number of aryl methyl sites for hydroxylation is 1. The first-order valence-electron chi connectivity index (χ1n) is 10.9. The summed E-state index contributed by atoms with van der Waals surface area (Å²) in [6, 6.07) is 16.0. The highest BCUT2D eigenvalue weighted by molar-refractivity contribution is 5.93. The molecule has 0 radical (unpaired) electrons. The van der Waals surface area contributed by atoms with Crippen LogP contribution in [0.1, 0.15) is 49.8 Å². The summed E-state index contributed by atoms with van der Waals surface area (Å²) in [6.07, 6.45) is 4.53. The molecule has 5 heteroatoms. The molecule has 0 spiro atoms. The molecule has 158 valence electrons. The van der Waals surface area contributed by atoms with Gasteiger partial charge in [0.2, 0.25) is 11.8 Å². The number of nitrogens with zero attached hydrogens (tertiary/aromatic N) is 1. The Morgan fingerprint density at radius 2 is 1.63 bits per heavy atom. The Kier molecular flexibility index (Phi) is 6.07. The number of benzene rings is 2. The fourth-order valence-corrected chi connectivity index (χ4v) is 4.23. The topological polar surface area (TPSA) is 58.6 Å². The zero-order valence-electron chi connectivity index (χ0n) is 17.8. The molecule has 1 aliphatic heterocycles. The number of rotatable bonds is 6. The summed E-state index contributed by atoms with van der Waals surface area (Å²) in [5.74, 6) is 0.894. The van der Waals surface area contributed by atoms with Crippen molar-refractivity contribution in [1.82, 2.24) is 4.90 Å². The molecule has 2 aromatic carbocycles. The maximum absolute atomic E-state index is 13.0. The molecule has 2 fully saturated rings. The summed E-state index contributed by atoms with van der Waals surface area (Å²) in [5.41, 5.74) is 3.22. The average Bonchev–Trinajstić information content (AvgIpc) is 3.64. The van der Waals surface area contributed by atoms with Gasteiger partial charge in [-0.2, -0.15) is 0 Å². The molecule has 2 amide bonds. The lowest BCUT2D eigenvalue weighted by molar-refractivity contribution is -0.139. The molecule has 2 atom stereocenters. The molecule has 2 unspecified atom stereocenters. The van der Waals surface area contributed by atoms with Gasteiger partial charge >= 0.3 is 0 Å². The molecule has 1 aliphatic carbocycles. The summed E-state index contributed by atoms with van der Waals surface area (Å²) < 4.78 is 5.17. The summed E-state index contributed by atoms with van der Waals surface area (Å²) in [4.78, 5) is 27.9. The van der Waals surface area contributed by atoms with Crippen molar-refractivity contribution < 1.29 is 14.3 Å². The van der Waals surface area contributed by atoms with Crippen molar-refractivity contribution >= 4 is 17.5 Å². The van der Waals surface area contributed by atoms with E-state index in [4.69, 9.17) is 4.74 Å². The van der Waals surface area contributed by atoms with E-state index in [1.54, 1.807) is 7.11 Å². The molecular weight excluding hydrogens is 376 g/mol. The maximum atomic E-state index is 13.0. The number of ether oxygens (including phenoxy) is 1. The number of piperidine rings is 1. The van der Waals surface area contributed by atoms with Crippen LogP contribution in [-0.4, -0.2) is 30.4 Å². The zero-order chi connectivity index (χ0) is 21.1. The van der Waals surface area contributed by atoms with Crippen molar-refractivity contribution in [3.8, 4) is 5.75 Å². The molecule has 0 aromatic heterocycles. The van der Waals surface area contributed by atoms with Crippen LogP contribution >= 0.6 is 0 Å². The predicted molar refractivity (Wildman–Crippen MR) is 117 cm³/mol. The number of hydrogen-bond donors (Lipinski definition) is 1. The first-order chi connectivity index (χ1) is 14.6. The molecule has 2 aromatic rings. The summed E-state index contributed by atoms with van der Waals surface area (Å²) in [5, 5.41) is 3.00. The van der Waals surface area contributed by atoms with Crippen LogP contribution in [0.5, 0.6) is 5.75 Å². The molecule has 0 bridgehead atoms. The van der Waals surface area contributed by atoms with Gasteiger partial charge in [-0.15, -0.1) is 0 Å². The van der Waals surface area contributed by atoms with Gasteiger partial charge in [0, 0.05) is 18.2 Å². The van der Waals surface area contributed by atoms with Crippen molar-refractivity contribution in [2.75, 3.05) is 19.0 Å². The van der Waals surface area contributed by atoms with Crippen molar-refractivity contribution in [1.29, 1.82) is 0 Å². The fourth-order valence-electron chi connectivity index (χ4n) is 4.23. The molecule has 2 aliphatic rings. The van der Waals surface area contributed by atoms with Crippen LogP contribution in [0.15, 0.2) is 48.5 Å². The van der Waals surface area contributed by atoms with Crippen molar-refractivity contribution in [3.05, 3.63) is 59.7 Å². The lowest BCUT2D eigenvalue weighted by atomic mass is 9.87. The fraction of sp³-hybridized carbons (Fsp3) is 0.440. The quantitative estimate of drug-likeness (QED) is 0.764. The van der Waals surface area contributed by atoms with Crippen molar-refractivity contribution in [2.45, 2.75) is 45.1 Å². The molecule has 5 nitrogen and oxygen atoms in total. The van der Waals surface area contributed by atoms with Gasteiger partial charge in [0.05, 0.1) is 19.1 Å². The number of carbonyl (C=O) groups excluding carboxylic acids is 2. The van der Waals surface area contributed by atoms with E-state index in [0.29, 0.717) is 6.54 Å². The van der Waals surface area contributed by atoms with Crippen molar-refractivity contribution in [3.63, 3.8) is 0 Å².